The van der Waals surface area contributed by atoms with Gasteiger partial charge in [0, 0.05) is 12.5 Å². The minimum absolute atomic E-state index is 0.0747. The lowest BCUT2D eigenvalue weighted by molar-refractivity contribution is -0.118. The van der Waals surface area contributed by atoms with Crippen LogP contribution in [-0.2, 0) is 9.53 Å². The van der Waals surface area contributed by atoms with Gasteiger partial charge in [-0.15, -0.1) is 6.58 Å². The third kappa shape index (κ3) is 7.84. The second kappa shape index (κ2) is 6.15. The van der Waals surface area contributed by atoms with Gasteiger partial charge in [-0.2, -0.15) is 0 Å². The third-order valence-corrected chi connectivity index (χ3v) is 1.62. The molecule has 0 radical (unpaired) electrons. The third-order valence-electron chi connectivity index (χ3n) is 1.62. The fraction of sp³-hybridized carbons (Fsp3) is 0.636. The zero-order chi connectivity index (χ0) is 12.8. The van der Waals surface area contributed by atoms with Gasteiger partial charge in [-0.25, -0.2) is 4.79 Å². The molecule has 0 saturated heterocycles. The molecule has 0 fully saturated rings. The summed E-state index contributed by atoms with van der Waals surface area (Å²) in [6.45, 7) is 8.85. The van der Waals surface area contributed by atoms with Crippen molar-refractivity contribution in [2.45, 2.75) is 45.3 Å². The van der Waals surface area contributed by atoms with Crippen LogP contribution in [0.15, 0.2) is 12.7 Å². The highest BCUT2D eigenvalue weighted by Gasteiger charge is 2.19. The summed E-state index contributed by atoms with van der Waals surface area (Å²) in [6, 6.07) is -0.357. The second-order valence-corrected chi connectivity index (χ2v) is 4.54. The molecule has 92 valence electrons. The number of carbonyl (C=O) groups excluding carboxylic acids is 2. The van der Waals surface area contributed by atoms with Crippen molar-refractivity contribution in [1.82, 2.24) is 5.32 Å². The highest BCUT2D eigenvalue weighted by molar-refractivity contribution is 5.76. The van der Waals surface area contributed by atoms with E-state index in [1.807, 2.05) is 0 Å². The Kier molecular flexibility index (Phi) is 5.56. The van der Waals surface area contributed by atoms with Gasteiger partial charge in [0.15, 0.2) is 0 Å². The first-order chi connectivity index (χ1) is 7.24. The molecule has 5 nitrogen and oxygen atoms in total. The standard InChI is InChI=1S/C11H20N2O3/c1-5-6-8(7-9(12)14)13-10(15)16-11(2,3)4/h5,8H,1,6-7H2,2-4H3,(H2,12,14)(H,13,15)/t8-/m0/s1. The fourth-order valence-electron chi connectivity index (χ4n) is 1.11. The number of carbonyl (C=O) groups is 2. The van der Waals surface area contributed by atoms with Gasteiger partial charge >= 0.3 is 6.09 Å². The van der Waals surface area contributed by atoms with Gasteiger partial charge in [0.2, 0.25) is 5.91 Å². The van der Waals surface area contributed by atoms with Crippen LogP contribution in [-0.4, -0.2) is 23.6 Å². The van der Waals surface area contributed by atoms with Crippen LogP contribution in [0.2, 0.25) is 0 Å². The van der Waals surface area contributed by atoms with E-state index in [1.54, 1.807) is 26.8 Å². The smallest absolute Gasteiger partial charge is 0.407 e. The molecule has 0 aromatic rings. The Balaban J connectivity index is 4.22. The number of amides is 2. The largest absolute Gasteiger partial charge is 0.444 e. The molecule has 0 unspecified atom stereocenters. The van der Waals surface area contributed by atoms with Gasteiger partial charge in [0.05, 0.1) is 0 Å². The number of nitrogens with one attached hydrogen (secondary N) is 1. The van der Waals surface area contributed by atoms with E-state index in [2.05, 4.69) is 11.9 Å². The summed E-state index contributed by atoms with van der Waals surface area (Å²) in [5, 5.41) is 2.57. The lowest BCUT2D eigenvalue weighted by atomic mass is 10.1. The van der Waals surface area contributed by atoms with Crippen LogP contribution in [0.3, 0.4) is 0 Å². The molecular weight excluding hydrogens is 208 g/mol. The number of ether oxygens (including phenoxy) is 1. The highest BCUT2D eigenvalue weighted by atomic mass is 16.6. The Morgan fingerprint density at radius 1 is 1.50 bits per heavy atom. The Morgan fingerprint density at radius 2 is 2.06 bits per heavy atom. The molecule has 0 spiro atoms. The predicted molar refractivity (Wildman–Crippen MR) is 61.8 cm³/mol. The Morgan fingerprint density at radius 3 is 2.44 bits per heavy atom. The molecule has 3 N–H and O–H groups in total. The van der Waals surface area contributed by atoms with E-state index in [1.165, 1.54) is 0 Å². The van der Waals surface area contributed by atoms with Crippen LogP contribution in [0.1, 0.15) is 33.6 Å². The summed E-state index contributed by atoms with van der Waals surface area (Å²) < 4.78 is 5.06. The number of hydrogen-bond donors (Lipinski definition) is 2. The first kappa shape index (κ1) is 14.5. The van der Waals surface area contributed by atoms with Crippen molar-refractivity contribution in [2.75, 3.05) is 0 Å². The summed E-state index contributed by atoms with van der Waals surface area (Å²) in [6.07, 6.45) is 1.61. The van der Waals surface area contributed by atoms with Crippen LogP contribution in [0.25, 0.3) is 0 Å². The maximum absolute atomic E-state index is 11.4. The molecule has 0 aliphatic rings. The monoisotopic (exact) mass is 228 g/mol. The van der Waals surface area contributed by atoms with E-state index in [-0.39, 0.29) is 12.5 Å². The molecule has 0 rings (SSSR count). The van der Waals surface area contributed by atoms with Crippen molar-refractivity contribution >= 4 is 12.0 Å². The normalized spacial score (nSPS) is 12.7. The van der Waals surface area contributed by atoms with Gasteiger partial charge in [0.25, 0.3) is 0 Å². The van der Waals surface area contributed by atoms with Crippen LogP contribution in [0.5, 0.6) is 0 Å². The topological polar surface area (TPSA) is 81.4 Å². The molecule has 0 aromatic carbocycles. The van der Waals surface area contributed by atoms with Crippen molar-refractivity contribution in [3.63, 3.8) is 0 Å². The maximum atomic E-state index is 11.4. The van der Waals surface area contributed by atoms with Crippen LogP contribution in [0.4, 0.5) is 4.79 Å². The number of primary amides is 1. The van der Waals surface area contributed by atoms with Crippen molar-refractivity contribution < 1.29 is 14.3 Å². The summed E-state index contributed by atoms with van der Waals surface area (Å²) in [5.41, 5.74) is 4.50. The number of alkyl carbamates (subject to hydrolysis) is 1. The van der Waals surface area contributed by atoms with Crippen molar-refractivity contribution in [1.29, 1.82) is 0 Å². The van der Waals surface area contributed by atoms with Gasteiger partial charge in [-0.3, -0.25) is 4.79 Å². The number of rotatable bonds is 5. The molecule has 0 bridgehead atoms. The number of hydrogen-bond acceptors (Lipinski definition) is 3. The zero-order valence-corrected chi connectivity index (χ0v) is 10.1. The van der Waals surface area contributed by atoms with Crippen molar-refractivity contribution in [2.24, 2.45) is 5.73 Å². The minimum atomic E-state index is -0.560. The second-order valence-electron chi connectivity index (χ2n) is 4.54. The molecule has 0 heterocycles. The molecule has 0 saturated carbocycles. The summed E-state index contributed by atoms with van der Waals surface area (Å²) in [7, 11) is 0. The Labute approximate surface area is 96.0 Å². The van der Waals surface area contributed by atoms with Crippen LogP contribution in [0, 0.1) is 0 Å². The maximum Gasteiger partial charge on any atom is 0.407 e. The highest BCUT2D eigenvalue weighted by Crippen LogP contribution is 2.08. The Bertz CT molecular complexity index is 269. The van der Waals surface area contributed by atoms with Gasteiger partial charge in [-0.1, -0.05) is 6.08 Å². The number of nitrogens with two attached hydrogens (primary N) is 1. The molecule has 1 atom stereocenters. The predicted octanol–water partition coefficient (Wildman–Crippen LogP) is 1.33. The first-order valence-corrected chi connectivity index (χ1v) is 5.13. The van der Waals surface area contributed by atoms with Gasteiger partial charge in [0.1, 0.15) is 5.60 Å². The van der Waals surface area contributed by atoms with Crippen LogP contribution >= 0.6 is 0 Å². The quantitative estimate of drug-likeness (QED) is 0.696. The fourth-order valence-corrected chi connectivity index (χ4v) is 1.11. The van der Waals surface area contributed by atoms with Gasteiger partial charge < -0.3 is 15.8 Å². The van der Waals surface area contributed by atoms with Crippen molar-refractivity contribution in [3.05, 3.63) is 12.7 Å². The van der Waals surface area contributed by atoms with E-state index in [0.717, 1.165) is 0 Å². The molecule has 2 amide bonds. The average Bonchev–Trinajstić information content (AvgIpc) is 1.98. The molecule has 0 aromatic heterocycles. The summed E-state index contributed by atoms with van der Waals surface area (Å²) >= 11 is 0. The molecule has 5 heteroatoms. The molecular formula is C11H20N2O3. The van der Waals surface area contributed by atoms with Crippen LogP contribution < -0.4 is 11.1 Å². The van der Waals surface area contributed by atoms with E-state index < -0.39 is 17.6 Å². The van der Waals surface area contributed by atoms with Gasteiger partial charge in [-0.05, 0) is 27.2 Å². The average molecular weight is 228 g/mol. The van der Waals surface area contributed by atoms with Crippen molar-refractivity contribution in [3.8, 4) is 0 Å². The molecule has 0 aliphatic carbocycles. The van der Waals surface area contributed by atoms with E-state index in [0.29, 0.717) is 6.42 Å². The lowest BCUT2D eigenvalue weighted by Gasteiger charge is -2.22. The lowest BCUT2D eigenvalue weighted by Crippen LogP contribution is -2.40. The molecule has 0 aliphatic heterocycles. The first-order valence-electron chi connectivity index (χ1n) is 5.13. The van der Waals surface area contributed by atoms with E-state index >= 15 is 0 Å². The molecule has 16 heavy (non-hydrogen) atoms. The van der Waals surface area contributed by atoms with E-state index in [4.69, 9.17) is 10.5 Å². The SMILES string of the molecule is C=CC[C@@H](CC(N)=O)NC(=O)OC(C)(C)C. The summed E-state index contributed by atoms with van der Waals surface area (Å²) in [4.78, 5) is 22.2. The zero-order valence-electron chi connectivity index (χ0n) is 10.1. The minimum Gasteiger partial charge on any atom is -0.444 e. The summed E-state index contributed by atoms with van der Waals surface area (Å²) in [5.74, 6) is -0.470. The van der Waals surface area contributed by atoms with E-state index in [9.17, 15) is 9.59 Å². The Hall–Kier alpha value is -1.52.